The second kappa shape index (κ2) is 8.74. The highest BCUT2D eigenvalue weighted by Crippen LogP contribution is 2.33. The van der Waals surface area contributed by atoms with Crippen LogP contribution in [-0.2, 0) is 4.79 Å². The average Bonchev–Trinajstić information content (AvgIpc) is 3.25. The summed E-state index contributed by atoms with van der Waals surface area (Å²) in [5.41, 5.74) is 3.42. The molecule has 0 spiro atoms. The van der Waals surface area contributed by atoms with Gasteiger partial charge < -0.3 is 9.64 Å². The zero-order valence-electron chi connectivity index (χ0n) is 15.9. The first kappa shape index (κ1) is 18.3. The molecule has 144 valence electrons. The maximum atomic E-state index is 12.7. The van der Waals surface area contributed by atoms with Gasteiger partial charge in [0.05, 0.1) is 19.2 Å². The predicted octanol–water partition coefficient (Wildman–Crippen LogP) is 4.25. The summed E-state index contributed by atoms with van der Waals surface area (Å²) >= 11 is 0. The lowest BCUT2D eigenvalue weighted by Crippen LogP contribution is -2.39. The van der Waals surface area contributed by atoms with Gasteiger partial charge in [0, 0.05) is 30.3 Å². The molecule has 1 aromatic heterocycles. The summed E-state index contributed by atoms with van der Waals surface area (Å²) in [4.78, 5) is 14.6. The van der Waals surface area contributed by atoms with Gasteiger partial charge in [-0.1, -0.05) is 48.5 Å². The van der Waals surface area contributed by atoms with Crippen molar-refractivity contribution in [2.24, 2.45) is 0 Å². The molecule has 0 radical (unpaired) electrons. The maximum absolute atomic E-state index is 12.7. The molecule has 0 saturated carbocycles. The number of carbonyl (C=O) groups is 1. The lowest BCUT2D eigenvalue weighted by atomic mass is 9.90. The van der Waals surface area contributed by atoms with E-state index in [1.54, 1.807) is 0 Å². The largest absolute Gasteiger partial charge is 0.493 e. The Morgan fingerprint density at radius 3 is 2.64 bits per heavy atom. The third-order valence-corrected chi connectivity index (χ3v) is 5.26. The van der Waals surface area contributed by atoms with Crippen molar-refractivity contribution in [2.45, 2.75) is 25.2 Å². The minimum Gasteiger partial charge on any atom is -0.493 e. The van der Waals surface area contributed by atoms with Gasteiger partial charge in [-0.25, -0.2) is 0 Å². The molecule has 4 rings (SSSR count). The number of benzene rings is 2. The van der Waals surface area contributed by atoms with Crippen molar-refractivity contribution < 1.29 is 9.53 Å². The van der Waals surface area contributed by atoms with Crippen LogP contribution < -0.4 is 4.74 Å². The highest BCUT2D eigenvalue weighted by Gasteiger charge is 2.27. The quantitative estimate of drug-likeness (QED) is 0.701. The van der Waals surface area contributed by atoms with Crippen molar-refractivity contribution >= 4 is 5.91 Å². The third kappa shape index (κ3) is 4.25. The summed E-state index contributed by atoms with van der Waals surface area (Å²) < 4.78 is 5.68. The standard InChI is InChI=1S/C23H25N3O2/c27-22(13-15-28-20-11-5-2-6-12-20)26-14-7-10-19(17-26)23-21(16-24-25-23)18-8-3-1-4-9-18/h1-6,8-9,11-12,16,19H,7,10,13-15,17H2,(H,24,25). The lowest BCUT2D eigenvalue weighted by Gasteiger charge is -2.33. The molecule has 0 aliphatic carbocycles. The molecular formula is C23H25N3O2. The highest BCUT2D eigenvalue weighted by molar-refractivity contribution is 5.76. The summed E-state index contributed by atoms with van der Waals surface area (Å²) in [5.74, 6) is 1.24. The normalized spacial score (nSPS) is 16.7. The van der Waals surface area contributed by atoms with E-state index >= 15 is 0 Å². The molecule has 2 heterocycles. The number of aromatic amines is 1. The van der Waals surface area contributed by atoms with E-state index in [0.717, 1.165) is 48.5 Å². The van der Waals surface area contributed by atoms with Crippen molar-refractivity contribution in [3.63, 3.8) is 0 Å². The molecule has 5 nitrogen and oxygen atoms in total. The van der Waals surface area contributed by atoms with E-state index < -0.39 is 0 Å². The highest BCUT2D eigenvalue weighted by atomic mass is 16.5. The van der Waals surface area contributed by atoms with Crippen molar-refractivity contribution in [3.8, 4) is 16.9 Å². The molecule has 28 heavy (non-hydrogen) atoms. The van der Waals surface area contributed by atoms with Gasteiger partial charge in [0.2, 0.25) is 5.91 Å². The van der Waals surface area contributed by atoms with Crippen LogP contribution in [0.3, 0.4) is 0 Å². The van der Waals surface area contributed by atoms with Gasteiger partial charge in [-0.2, -0.15) is 5.10 Å². The molecule has 1 saturated heterocycles. The Kier molecular flexibility index (Phi) is 5.71. The monoisotopic (exact) mass is 375 g/mol. The first-order valence-corrected chi connectivity index (χ1v) is 9.85. The summed E-state index contributed by atoms with van der Waals surface area (Å²) in [6.07, 6.45) is 4.35. The van der Waals surface area contributed by atoms with Gasteiger partial charge >= 0.3 is 0 Å². The second-order valence-electron chi connectivity index (χ2n) is 7.15. The number of amides is 1. The number of piperidine rings is 1. The van der Waals surface area contributed by atoms with Crippen molar-refractivity contribution in [1.29, 1.82) is 0 Å². The molecule has 1 amide bonds. The number of nitrogens with one attached hydrogen (secondary N) is 1. The van der Waals surface area contributed by atoms with Crippen LogP contribution in [0.15, 0.2) is 66.9 Å². The van der Waals surface area contributed by atoms with Crippen molar-refractivity contribution in [2.75, 3.05) is 19.7 Å². The maximum Gasteiger partial charge on any atom is 0.226 e. The lowest BCUT2D eigenvalue weighted by molar-refractivity contribution is -0.132. The number of carbonyl (C=O) groups excluding carboxylic acids is 1. The van der Waals surface area contributed by atoms with Crippen LogP contribution in [0, 0.1) is 0 Å². The zero-order valence-corrected chi connectivity index (χ0v) is 15.9. The summed E-state index contributed by atoms with van der Waals surface area (Å²) in [6.45, 7) is 1.95. The fourth-order valence-corrected chi connectivity index (χ4v) is 3.83. The fourth-order valence-electron chi connectivity index (χ4n) is 3.83. The van der Waals surface area contributed by atoms with E-state index in [9.17, 15) is 4.79 Å². The average molecular weight is 375 g/mol. The third-order valence-electron chi connectivity index (χ3n) is 5.26. The molecule has 2 aromatic carbocycles. The number of nitrogens with zero attached hydrogens (tertiary/aromatic N) is 2. The van der Waals surface area contributed by atoms with Gasteiger partial charge in [-0.15, -0.1) is 0 Å². The first-order valence-electron chi connectivity index (χ1n) is 9.85. The SMILES string of the molecule is O=C(CCOc1ccccc1)N1CCCC(c2[nH]ncc2-c2ccccc2)C1. The number of para-hydroxylation sites is 1. The number of aromatic nitrogens is 2. The molecule has 3 aromatic rings. The van der Waals surface area contributed by atoms with E-state index in [0.29, 0.717) is 13.0 Å². The van der Waals surface area contributed by atoms with E-state index in [1.165, 1.54) is 0 Å². The first-order chi connectivity index (χ1) is 13.8. The Morgan fingerprint density at radius 2 is 1.86 bits per heavy atom. The smallest absolute Gasteiger partial charge is 0.226 e. The van der Waals surface area contributed by atoms with Gasteiger partial charge in [0.15, 0.2) is 0 Å². The zero-order chi connectivity index (χ0) is 19.2. The van der Waals surface area contributed by atoms with Gasteiger partial charge in [-0.05, 0) is 30.5 Å². The molecule has 1 aliphatic heterocycles. The van der Waals surface area contributed by atoms with Gasteiger partial charge in [0.1, 0.15) is 5.75 Å². The number of rotatable bonds is 6. The number of H-pyrrole nitrogens is 1. The molecule has 1 aliphatic rings. The molecule has 1 unspecified atom stereocenters. The van der Waals surface area contributed by atoms with E-state index in [4.69, 9.17) is 4.74 Å². The topological polar surface area (TPSA) is 58.2 Å². The van der Waals surface area contributed by atoms with E-state index in [2.05, 4.69) is 22.3 Å². The number of hydrogen-bond donors (Lipinski definition) is 1. The van der Waals surface area contributed by atoms with Crippen LogP contribution in [0.2, 0.25) is 0 Å². The van der Waals surface area contributed by atoms with Crippen LogP contribution in [0.25, 0.3) is 11.1 Å². The van der Waals surface area contributed by atoms with Crippen LogP contribution in [-0.4, -0.2) is 40.7 Å². The summed E-state index contributed by atoms with van der Waals surface area (Å²) in [7, 11) is 0. The molecule has 1 N–H and O–H groups in total. The van der Waals surface area contributed by atoms with E-state index in [1.807, 2.05) is 59.6 Å². The van der Waals surface area contributed by atoms with Crippen LogP contribution >= 0.6 is 0 Å². The Balaban J connectivity index is 1.37. The van der Waals surface area contributed by atoms with E-state index in [-0.39, 0.29) is 11.8 Å². The second-order valence-corrected chi connectivity index (χ2v) is 7.15. The minimum atomic E-state index is 0.154. The number of likely N-dealkylation sites (tertiary alicyclic amines) is 1. The number of hydrogen-bond acceptors (Lipinski definition) is 3. The Morgan fingerprint density at radius 1 is 1.11 bits per heavy atom. The fraction of sp³-hybridized carbons (Fsp3) is 0.304. The minimum absolute atomic E-state index is 0.154. The summed E-state index contributed by atoms with van der Waals surface area (Å²) in [6, 6.07) is 19.9. The molecule has 1 fully saturated rings. The molecule has 0 bridgehead atoms. The summed E-state index contributed by atoms with van der Waals surface area (Å²) in [5, 5.41) is 7.46. The Labute approximate surface area is 165 Å². The Hall–Kier alpha value is -3.08. The predicted molar refractivity (Wildman–Crippen MR) is 109 cm³/mol. The van der Waals surface area contributed by atoms with Crippen molar-refractivity contribution in [1.82, 2.24) is 15.1 Å². The van der Waals surface area contributed by atoms with Crippen LogP contribution in [0.1, 0.15) is 30.9 Å². The molecule has 5 heteroatoms. The van der Waals surface area contributed by atoms with Gasteiger partial charge in [0.25, 0.3) is 0 Å². The molecule has 1 atom stereocenters. The van der Waals surface area contributed by atoms with Crippen LogP contribution in [0.4, 0.5) is 0 Å². The number of ether oxygens (including phenoxy) is 1. The van der Waals surface area contributed by atoms with Crippen LogP contribution in [0.5, 0.6) is 5.75 Å². The van der Waals surface area contributed by atoms with Gasteiger partial charge in [-0.3, -0.25) is 9.89 Å². The Bertz CT molecular complexity index is 892. The molecular weight excluding hydrogens is 350 g/mol. The van der Waals surface area contributed by atoms with Crippen molar-refractivity contribution in [3.05, 3.63) is 72.6 Å².